The summed E-state index contributed by atoms with van der Waals surface area (Å²) in [7, 11) is 0. The molecule has 0 aliphatic heterocycles. The van der Waals surface area contributed by atoms with E-state index in [1.165, 1.54) is 6.42 Å². The Morgan fingerprint density at radius 3 is 2.67 bits per heavy atom. The van der Waals surface area contributed by atoms with E-state index in [1.54, 1.807) is 0 Å². The van der Waals surface area contributed by atoms with Crippen LogP contribution in [0.4, 0.5) is 0 Å². The molecule has 9 heavy (non-hydrogen) atoms. The number of hydrogen-bond donors (Lipinski definition) is 3. The van der Waals surface area contributed by atoms with E-state index in [2.05, 4.69) is 29.8 Å². The highest BCUT2D eigenvalue weighted by molar-refractivity contribution is 6.12. The maximum Gasteiger partial charge on any atom is 0.0139 e. The minimum absolute atomic E-state index is 0.683. The maximum absolute atomic E-state index is 5.10. The molecule has 3 N–H and O–H groups in total. The van der Waals surface area contributed by atoms with Crippen molar-refractivity contribution in [2.24, 2.45) is 5.92 Å². The van der Waals surface area contributed by atoms with Gasteiger partial charge in [0, 0.05) is 6.54 Å². The molecule has 0 spiro atoms. The van der Waals surface area contributed by atoms with E-state index in [9.17, 15) is 0 Å². The Balaban J connectivity index is 2.88. The molecular formula is C5H14ClN3. The van der Waals surface area contributed by atoms with E-state index in [-0.39, 0.29) is 0 Å². The lowest BCUT2D eigenvalue weighted by molar-refractivity contribution is 0.432. The van der Waals surface area contributed by atoms with Gasteiger partial charge in [-0.05, 0) is 17.7 Å². The highest BCUT2D eigenvalue weighted by Gasteiger charge is 1.94. The molecule has 0 bridgehead atoms. The molecule has 1 atom stereocenters. The normalized spacial score (nSPS) is 13.7. The molecule has 0 radical (unpaired) electrons. The molecule has 0 saturated carbocycles. The molecule has 0 fully saturated rings. The Kier molecular flexibility index (Phi) is 6.41. The molecule has 0 aromatic heterocycles. The first kappa shape index (κ1) is 9.17. The van der Waals surface area contributed by atoms with E-state index in [4.69, 9.17) is 11.8 Å². The molecule has 3 nitrogen and oxygen atoms in total. The molecule has 0 rings (SSSR count). The van der Waals surface area contributed by atoms with Crippen LogP contribution in [0.25, 0.3) is 0 Å². The Morgan fingerprint density at radius 2 is 2.22 bits per heavy atom. The Morgan fingerprint density at radius 1 is 1.56 bits per heavy atom. The van der Waals surface area contributed by atoms with Crippen molar-refractivity contribution >= 4 is 11.8 Å². The summed E-state index contributed by atoms with van der Waals surface area (Å²) in [4.78, 5) is 2.26. The van der Waals surface area contributed by atoms with Gasteiger partial charge in [0.15, 0.2) is 0 Å². The van der Waals surface area contributed by atoms with Crippen molar-refractivity contribution in [1.82, 2.24) is 15.9 Å². The van der Waals surface area contributed by atoms with Crippen LogP contribution < -0.4 is 15.9 Å². The third kappa shape index (κ3) is 6.05. The fourth-order valence-electron chi connectivity index (χ4n) is 0.403. The fourth-order valence-corrected chi connectivity index (χ4v) is 0.470. The predicted octanol–water partition coefficient (Wildman–Crippen LogP) is 0.785. The van der Waals surface area contributed by atoms with Crippen LogP contribution in [-0.4, -0.2) is 6.54 Å². The summed E-state index contributed by atoms with van der Waals surface area (Å²) in [5, 5.41) is 0. The van der Waals surface area contributed by atoms with Gasteiger partial charge in [-0.1, -0.05) is 20.3 Å². The highest BCUT2D eigenvalue weighted by atomic mass is 35.5. The Bertz CT molecular complexity index is 60.2. The predicted molar refractivity (Wildman–Crippen MR) is 39.6 cm³/mol. The van der Waals surface area contributed by atoms with Crippen LogP contribution in [0, 0.1) is 5.92 Å². The lowest BCUT2D eigenvalue weighted by Gasteiger charge is -2.08. The van der Waals surface area contributed by atoms with Gasteiger partial charge in [-0.15, -0.1) is 0 Å². The van der Waals surface area contributed by atoms with Crippen LogP contribution in [0.2, 0.25) is 0 Å². The van der Waals surface area contributed by atoms with Gasteiger partial charge in [0.05, 0.1) is 0 Å². The van der Waals surface area contributed by atoms with Crippen molar-refractivity contribution in [3.05, 3.63) is 0 Å². The van der Waals surface area contributed by atoms with Crippen LogP contribution in [0.3, 0.4) is 0 Å². The summed E-state index contributed by atoms with van der Waals surface area (Å²) in [6.07, 6.45) is 1.18. The molecule has 0 saturated heterocycles. The second-order valence-corrected chi connectivity index (χ2v) is 2.30. The van der Waals surface area contributed by atoms with Crippen molar-refractivity contribution < 1.29 is 0 Å². The van der Waals surface area contributed by atoms with Crippen molar-refractivity contribution in [3.8, 4) is 0 Å². The smallest absolute Gasteiger partial charge is 0.0139 e. The highest BCUT2D eigenvalue weighted by Crippen LogP contribution is 1.95. The van der Waals surface area contributed by atoms with Gasteiger partial charge >= 0.3 is 0 Å². The SMILES string of the molecule is CCC(C)CNNNCl. The zero-order valence-electron chi connectivity index (χ0n) is 5.87. The monoisotopic (exact) mass is 151 g/mol. The number of hydrazine groups is 2. The van der Waals surface area contributed by atoms with Gasteiger partial charge in [0.2, 0.25) is 0 Å². The second kappa shape index (κ2) is 6.29. The van der Waals surface area contributed by atoms with Crippen LogP contribution in [-0.2, 0) is 0 Å². The van der Waals surface area contributed by atoms with Crippen LogP contribution in [0.1, 0.15) is 20.3 Å². The zero-order chi connectivity index (χ0) is 7.11. The lowest BCUT2D eigenvalue weighted by atomic mass is 10.1. The zero-order valence-corrected chi connectivity index (χ0v) is 6.63. The molecule has 1 unspecified atom stereocenters. The summed E-state index contributed by atoms with van der Waals surface area (Å²) in [6, 6.07) is 0. The molecule has 0 amide bonds. The third-order valence-electron chi connectivity index (χ3n) is 1.28. The topological polar surface area (TPSA) is 36.1 Å². The number of halogens is 1. The minimum atomic E-state index is 0.683. The van der Waals surface area contributed by atoms with E-state index in [0.29, 0.717) is 5.92 Å². The summed E-state index contributed by atoms with van der Waals surface area (Å²) in [6.45, 7) is 5.25. The first-order valence-electron chi connectivity index (χ1n) is 3.14. The van der Waals surface area contributed by atoms with Gasteiger partial charge in [-0.25, -0.2) is 5.43 Å². The van der Waals surface area contributed by atoms with Crippen molar-refractivity contribution in [2.45, 2.75) is 20.3 Å². The van der Waals surface area contributed by atoms with E-state index in [1.807, 2.05) is 0 Å². The number of rotatable bonds is 5. The van der Waals surface area contributed by atoms with Crippen LogP contribution >= 0.6 is 11.8 Å². The molecule has 0 aliphatic rings. The summed E-state index contributed by atoms with van der Waals surface area (Å²) < 4.78 is 0. The summed E-state index contributed by atoms with van der Waals surface area (Å²) in [5.74, 6) is 0.683. The average molecular weight is 152 g/mol. The molecule has 0 aromatic carbocycles. The molecule has 0 aromatic rings. The van der Waals surface area contributed by atoms with Gasteiger partial charge < -0.3 is 0 Å². The van der Waals surface area contributed by atoms with Gasteiger partial charge in [-0.3, -0.25) is 0 Å². The third-order valence-corrected chi connectivity index (χ3v) is 1.38. The van der Waals surface area contributed by atoms with Gasteiger partial charge in [0.1, 0.15) is 0 Å². The fraction of sp³-hybridized carbons (Fsp3) is 1.00. The van der Waals surface area contributed by atoms with Crippen molar-refractivity contribution in [1.29, 1.82) is 0 Å². The van der Waals surface area contributed by atoms with Crippen LogP contribution in [0.5, 0.6) is 0 Å². The molecule has 0 aliphatic carbocycles. The maximum atomic E-state index is 5.10. The number of nitrogens with one attached hydrogen (secondary N) is 3. The molecule has 4 heteroatoms. The standard InChI is InChI=1S/C5H14ClN3/c1-3-5(2)4-7-9-8-6/h5,7-9H,3-4H2,1-2H3. The molecular weight excluding hydrogens is 138 g/mol. The van der Waals surface area contributed by atoms with Crippen molar-refractivity contribution in [3.63, 3.8) is 0 Å². The lowest BCUT2D eigenvalue weighted by Crippen LogP contribution is -2.40. The Hall–Kier alpha value is 0.170. The van der Waals surface area contributed by atoms with E-state index in [0.717, 1.165) is 6.54 Å². The minimum Gasteiger partial charge on any atom is -0.243 e. The average Bonchev–Trinajstić information content (AvgIpc) is 1.89. The Labute approximate surface area is 61.2 Å². The first-order chi connectivity index (χ1) is 4.31. The summed E-state index contributed by atoms with van der Waals surface area (Å²) >= 11 is 5.10. The van der Waals surface area contributed by atoms with Gasteiger partial charge in [-0.2, -0.15) is 10.5 Å². The van der Waals surface area contributed by atoms with E-state index < -0.39 is 0 Å². The second-order valence-electron chi connectivity index (χ2n) is 2.11. The van der Waals surface area contributed by atoms with Crippen molar-refractivity contribution in [2.75, 3.05) is 6.54 Å². The summed E-state index contributed by atoms with van der Waals surface area (Å²) in [5.41, 5.74) is 5.47. The largest absolute Gasteiger partial charge is 0.243 e. The molecule has 56 valence electrons. The quantitative estimate of drug-likeness (QED) is 0.309. The van der Waals surface area contributed by atoms with Gasteiger partial charge in [0.25, 0.3) is 0 Å². The first-order valence-corrected chi connectivity index (χ1v) is 3.52. The number of hydrogen-bond acceptors (Lipinski definition) is 3. The van der Waals surface area contributed by atoms with Crippen LogP contribution in [0.15, 0.2) is 0 Å². The molecule has 0 heterocycles. The van der Waals surface area contributed by atoms with E-state index >= 15 is 0 Å².